The van der Waals surface area contributed by atoms with E-state index in [0.29, 0.717) is 16.3 Å². The standard InChI is InChI=1S/C27H24ClN3O2/c1-16-12-13-22(21(28)14-16)29-26(32)24-18-9-4-5-10-19(18)27(33)31(3)25(24)20-15-30(2)23-11-7-6-8-17(20)23/h4-15,24-25H,1-3H3,(H,29,32). The second kappa shape index (κ2) is 8.09. The highest BCUT2D eigenvalue weighted by atomic mass is 35.5. The Balaban J connectivity index is 1.67. The highest BCUT2D eigenvalue weighted by molar-refractivity contribution is 6.33. The van der Waals surface area contributed by atoms with Crippen molar-refractivity contribution in [2.24, 2.45) is 7.05 Å². The fraction of sp³-hybridized carbons (Fsp3) is 0.185. The molecule has 0 saturated heterocycles. The number of carbonyl (C=O) groups is 2. The zero-order valence-electron chi connectivity index (χ0n) is 18.7. The van der Waals surface area contributed by atoms with E-state index in [-0.39, 0.29) is 11.8 Å². The van der Waals surface area contributed by atoms with E-state index in [4.69, 9.17) is 11.6 Å². The molecule has 1 aliphatic rings. The van der Waals surface area contributed by atoms with Crippen LogP contribution in [0.3, 0.4) is 0 Å². The van der Waals surface area contributed by atoms with Crippen LogP contribution in [-0.4, -0.2) is 28.3 Å². The van der Waals surface area contributed by atoms with E-state index in [1.807, 2.05) is 85.4 Å². The number of amides is 2. The van der Waals surface area contributed by atoms with E-state index in [9.17, 15) is 9.59 Å². The minimum absolute atomic E-state index is 0.0963. The Bertz CT molecular complexity index is 1410. The molecule has 3 aromatic carbocycles. The number of fused-ring (bicyclic) bond motifs is 2. The highest BCUT2D eigenvalue weighted by Crippen LogP contribution is 2.45. The third-order valence-electron chi connectivity index (χ3n) is 6.49. The Morgan fingerprint density at radius 3 is 2.48 bits per heavy atom. The number of nitrogens with one attached hydrogen (secondary N) is 1. The minimum Gasteiger partial charge on any atom is -0.350 e. The summed E-state index contributed by atoms with van der Waals surface area (Å²) in [5.74, 6) is -0.904. The number of aryl methyl sites for hydroxylation is 2. The van der Waals surface area contributed by atoms with Gasteiger partial charge in [0.05, 0.1) is 22.7 Å². The third-order valence-corrected chi connectivity index (χ3v) is 6.80. The van der Waals surface area contributed by atoms with E-state index in [2.05, 4.69) is 5.32 Å². The fourth-order valence-electron chi connectivity index (χ4n) is 4.89. The second-order valence-corrected chi connectivity index (χ2v) is 9.02. The molecular formula is C27H24ClN3O2. The molecule has 4 aromatic rings. The molecule has 166 valence electrons. The van der Waals surface area contributed by atoms with Gasteiger partial charge < -0.3 is 14.8 Å². The molecule has 0 radical (unpaired) electrons. The van der Waals surface area contributed by atoms with Crippen LogP contribution in [0.15, 0.2) is 72.9 Å². The number of nitrogens with zero attached hydrogens (tertiary/aromatic N) is 2. The van der Waals surface area contributed by atoms with Gasteiger partial charge in [0, 0.05) is 42.3 Å². The monoisotopic (exact) mass is 457 g/mol. The Hall–Kier alpha value is -3.57. The largest absolute Gasteiger partial charge is 0.350 e. The lowest BCUT2D eigenvalue weighted by atomic mass is 9.79. The number of hydrogen-bond donors (Lipinski definition) is 1. The van der Waals surface area contributed by atoms with Gasteiger partial charge in [-0.2, -0.15) is 0 Å². The van der Waals surface area contributed by atoms with Crippen LogP contribution in [0, 0.1) is 6.92 Å². The molecule has 1 aliphatic heterocycles. The summed E-state index contributed by atoms with van der Waals surface area (Å²) >= 11 is 6.42. The maximum atomic E-state index is 13.8. The predicted molar refractivity (Wildman–Crippen MR) is 132 cm³/mol. The zero-order valence-corrected chi connectivity index (χ0v) is 19.4. The number of para-hydroxylation sites is 1. The number of rotatable bonds is 3. The van der Waals surface area contributed by atoms with Gasteiger partial charge in [0.1, 0.15) is 0 Å². The molecule has 0 bridgehead atoms. The Morgan fingerprint density at radius 2 is 1.70 bits per heavy atom. The first kappa shape index (κ1) is 21.3. The van der Waals surface area contributed by atoms with Crippen molar-refractivity contribution in [2.45, 2.75) is 18.9 Å². The van der Waals surface area contributed by atoms with Crippen LogP contribution in [0.2, 0.25) is 5.02 Å². The summed E-state index contributed by atoms with van der Waals surface area (Å²) in [4.78, 5) is 28.8. The van der Waals surface area contributed by atoms with Gasteiger partial charge in [-0.1, -0.05) is 54.1 Å². The average Bonchev–Trinajstić information content (AvgIpc) is 3.14. The molecule has 0 saturated carbocycles. The van der Waals surface area contributed by atoms with Crippen molar-refractivity contribution in [3.05, 3.63) is 100 Å². The van der Waals surface area contributed by atoms with Gasteiger partial charge in [-0.25, -0.2) is 0 Å². The second-order valence-electron chi connectivity index (χ2n) is 8.61. The number of hydrogen-bond acceptors (Lipinski definition) is 2. The van der Waals surface area contributed by atoms with Crippen LogP contribution < -0.4 is 5.32 Å². The lowest BCUT2D eigenvalue weighted by Crippen LogP contribution is -2.44. The number of halogens is 1. The van der Waals surface area contributed by atoms with E-state index < -0.39 is 12.0 Å². The van der Waals surface area contributed by atoms with Crippen molar-refractivity contribution in [3.8, 4) is 0 Å². The summed E-state index contributed by atoms with van der Waals surface area (Å²) in [7, 11) is 3.75. The lowest BCUT2D eigenvalue weighted by molar-refractivity contribution is -0.119. The molecule has 2 unspecified atom stereocenters. The normalized spacial score (nSPS) is 17.8. The van der Waals surface area contributed by atoms with Crippen molar-refractivity contribution in [3.63, 3.8) is 0 Å². The minimum atomic E-state index is -0.605. The van der Waals surface area contributed by atoms with Gasteiger partial charge in [0.15, 0.2) is 0 Å². The molecule has 2 atom stereocenters. The molecule has 0 spiro atoms. The highest BCUT2D eigenvalue weighted by Gasteiger charge is 2.43. The Morgan fingerprint density at radius 1 is 0.970 bits per heavy atom. The van der Waals surface area contributed by atoms with Crippen LogP contribution in [0.5, 0.6) is 0 Å². The summed E-state index contributed by atoms with van der Waals surface area (Å²) in [6.07, 6.45) is 2.02. The number of benzene rings is 3. The van der Waals surface area contributed by atoms with Crippen LogP contribution in [0.1, 0.15) is 39.0 Å². The van der Waals surface area contributed by atoms with Gasteiger partial charge >= 0.3 is 0 Å². The van der Waals surface area contributed by atoms with E-state index >= 15 is 0 Å². The predicted octanol–water partition coefficient (Wildman–Crippen LogP) is 5.69. The molecule has 2 heterocycles. The summed E-state index contributed by atoms with van der Waals surface area (Å²) in [5, 5.41) is 4.53. The lowest BCUT2D eigenvalue weighted by Gasteiger charge is -2.39. The molecule has 1 N–H and O–H groups in total. The number of anilines is 1. The van der Waals surface area contributed by atoms with Gasteiger partial charge in [-0.3, -0.25) is 9.59 Å². The summed E-state index contributed by atoms with van der Waals surface area (Å²) in [6.45, 7) is 1.95. The maximum absolute atomic E-state index is 13.8. The smallest absolute Gasteiger partial charge is 0.254 e. The summed E-state index contributed by atoms with van der Waals surface area (Å²) in [5.41, 5.74) is 4.83. The van der Waals surface area contributed by atoms with Gasteiger partial charge in [0.25, 0.3) is 5.91 Å². The maximum Gasteiger partial charge on any atom is 0.254 e. The number of aromatic nitrogens is 1. The fourth-order valence-corrected chi connectivity index (χ4v) is 5.17. The van der Waals surface area contributed by atoms with Gasteiger partial charge in [-0.05, 0) is 42.3 Å². The van der Waals surface area contributed by atoms with Crippen LogP contribution in [0.4, 0.5) is 5.69 Å². The van der Waals surface area contributed by atoms with E-state index in [1.54, 1.807) is 18.0 Å². The molecule has 2 amide bonds. The Kier molecular flexibility index (Phi) is 5.22. The van der Waals surface area contributed by atoms with E-state index in [0.717, 1.165) is 27.6 Å². The molecule has 5 rings (SSSR count). The van der Waals surface area contributed by atoms with Crippen molar-refractivity contribution in [2.75, 3.05) is 12.4 Å². The average molecular weight is 458 g/mol. The molecule has 0 aliphatic carbocycles. The zero-order chi connectivity index (χ0) is 23.3. The van der Waals surface area contributed by atoms with Gasteiger partial charge in [0.2, 0.25) is 5.91 Å². The number of carbonyl (C=O) groups excluding carboxylic acids is 2. The molecule has 1 aromatic heterocycles. The Labute approximate surface area is 197 Å². The van der Waals surface area contributed by atoms with Crippen molar-refractivity contribution >= 4 is 40.0 Å². The van der Waals surface area contributed by atoms with Gasteiger partial charge in [-0.15, -0.1) is 0 Å². The first-order valence-corrected chi connectivity index (χ1v) is 11.2. The van der Waals surface area contributed by atoms with Crippen LogP contribution >= 0.6 is 11.6 Å². The molecule has 5 nitrogen and oxygen atoms in total. The topological polar surface area (TPSA) is 54.3 Å². The van der Waals surface area contributed by atoms with E-state index in [1.165, 1.54) is 0 Å². The quantitative estimate of drug-likeness (QED) is 0.429. The van der Waals surface area contributed by atoms with Crippen LogP contribution in [-0.2, 0) is 11.8 Å². The van der Waals surface area contributed by atoms with Crippen LogP contribution in [0.25, 0.3) is 10.9 Å². The first-order chi connectivity index (χ1) is 15.9. The first-order valence-electron chi connectivity index (χ1n) is 10.8. The molecule has 6 heteroatoms. The SMILES string of the molecule is Cc1ccc(NC(=O)C2c3ccccc3C(=O)N(C)C2c2cn(C)c3ccccc23)c(Cl)c1. The third kappa shape index (κ3) is 3.49. The molecule has 33 heavy (non-hydrogen) atoms. The summed E-state index contributed by atoms with van der Waals surface area (Å²) < 4.78 is 2.04. The number of likely N-dealkylation sites (N-methyl/N-ethyl adjacent to an activating group) is 1. The van der Waals surface area contributed by atoms with Crippen molar-refractivity contribution in [1.29, 1.82) is 0 Å². The summed E-state index contributed by atoms with van der Waals surface area (Å²) in [6, 6.07) is 20.5. The molecular weight excluding hydrogens is 434 g/mol. The van der Waals surface area contributed by atoms with Crippen molar-refractivity contribution in [1.82, 2.24) is 9.47 Å². The molecule has 0 fully saturated rings. The van der Waals surface area contributed by atoms with Crippen molar-refractivity contribution < 1.29 is 9.59 Å².